The summed E-state index contributed by atoms with van der Waals surface area (Å²) in [4.78, 5) is 38.2. The average Bonchev–Trinajstić information content (AvgIpc) is 2.97. The van der Waals surface area contributed by atoms with Crippen LogP contribution in [0.25, 0.3) is 6.08 Å². The second kappa shape index (κ2) is 8.77. The van der Waals surface area contributed by atoms with Crippen LogP contribution in [-0.4, -0.2) is 39.6 Å². The van der Waals surface area contributed by atoms with E-state index in [1.54, 1.807) is 12.1 Å². The lowest BCUT2D eigenvalue weighted by Gasteiger charge is -2.32. The molecule has 2 atom stereocenters. The Bertz CT molecular complexity index is 779. The van der Waals surface area contributed by atoms with Crippen molar-refractivity contribution in [2.75, 3.05) is 6.61 Å². The van der Waals surface area contributed by atoms with Crippen LogP contribution in [0.15, 0.2) is 24.3 Å². The Balaban J connectivity index is 1.82. The molecular formula is C16H15FIN2O4PS. The van der Waals surface area contributed by atoms with E-state index in [-0.39, 0.29) is 25.3 Å². The first-order valence-corrected chi connectivity index (χ1v) is 12.5. The molecule has 26 heavy (non-hydrogen) atoms. The smallest absolute Gasteiger partial charge is 0.264 e. The average molecular weight is 508 g/mol. The van der Waals surface area contributed by atoms with E-state index in [0.717, 1.165) is 11.1 Å². The van der Waals surface area contributed by atoms with E-state index in [0.29, 0.717) is 22.9 Å². The molecule has 0 bridgehead atoms. The number of hydrogen-bond acceptors (Lipinski definition) is 5. The minimum Gasteiger partial charge on any atom is -0.348 e. The minimum atomic E-state index is -0.823. The Morgan fingerprint density at radius 2 is 2.19 bits per heavy atom. The summed E-state index contributed by atoms with van der Waals surface area (Å²) in [5.74, 6) is -1.51. The third-order valence-corrected chi connectivity index (χ3v) is 6.08. The predicted molar refractivity (Wildman–Crippen MR) is 107 cm³/mol. The first kappa shape index (κ1) is 19.7. The Hall–Kier alpha value is -1.03. The molecular weight excluding hydrogens is 493 g/mol. The summed E-state index contributed by atoms with van der Waals surface area (Å²) in [6.07, 6.45) is 4.02. The van der Waals surface area contributed by atoms with Crippen molar-refractivity contribution in [3.8, 4) is 0 Å². The lowest BCUT2D eigenvalue weighted by atomic mass is 10.0. The topological polar surface area (TPSA) is 66.9 Å². The zero-order valence-corrected chi connectivity index (χ0v) is 17.5. The fraction of sp³-hybridized carbons (Fsp3) is 0.312. The van der Waals surface area contributed by atoms with Crippen LogP contribution in [0.3, 0.4) is 0 Å². The van der Waals surface area contributed by atoms with Gasteiger partial charge in [0.15, 0.2) is 12.3 Å². The normalized spacial score (nSPS) is 20.8. The molecule has 1 saturated heterocycles. The molecule has 10 heteroatoms. The van der Waals surface area contributed by atoms with Crippen molar-refractivity contribution in [3.05, 3.63) is 41.0 Å². The quantitative estimate of drug-likeness (QED) is 0.193. The van der Waals surface area contributed by atoms with Crippen molar-refractivity contribution in [3.63, 3.8) is 0 Å². The van der Waals surface area contributed by atoms with Crippen LogP contribution in [-0.2, 0) is 20.7 Å². The van der Waals surface area contributed by atoms with Gasteiger partial charge in [0.05, 0.1) is 13.1 Å². The number of piperidine rings is 1. The second-order valence-corrected chi connectivity index (χ2v) is 8.01. The molecule has 1 aromatic rings. The van der Waals surface area contributed by atoms with Gasteiger partial charge in [0, 0.05) is 18.5 Å². The molecule has 138 valence electrons. The van der Waals surface area contributed by atoms with Crippen LogP contribution in [0.2, 0.25) is 0 Å². The molecule has 0 saturated carbocycles. The Morgan fingerprint density at radius 1 is 1.38 bits per heavy atom. The highest BCUT2D eigenvalue weighted by Gasteiger charge is 2.43. The SMILES string of the molecule is O=C1CCC(N2Cc3c(/C=C/COPI)cccc3C2=O)C(=O)N1SF. The van der Waals surface area contributed by atoms with Crippen LogP contribution < -0.4 is 0 Å². The van der Waals surface area contributed by atoms with Gasteiger partial charge in [-0.1, -0.05) is 24.3 Å². The van der Waals surface area contributed by atoms with Gasteiger partial charge in [-0.05, 0) is 45.7 Å². The van der Waals surface area contributed by atoms with Crippen molar-refractivity contribution in [2.45, 2.75) is 25.4 Å². The third kappa shape index (κ3) is 3.81. The van der Waals surface area contributed by atoms with Gasteiger partial charge in [-0.15, -0.1) is 3.89 Å². The van der Waals surface area contributed by atoms with Crippen molar-refractivity contribution >= 4 is 64.6 Å². The second-order valence-electron chi connectivity index (χ2n) is 5.75. The summed E-state index contributed by atoms with van der Waals surface area (Å²) in [5, 5.41) is 0. The molecule has 0 aliphatic carbocycles. The fourth-order valence-corrected chi connectivity index (χ4v) is 4.20. The Morgan fingerprint density at radius 3 is 2.92 bits per heavy atom. The first-order chi connectivity index (χ1) is 12.6. The molecule has 0 spiro atoms. The summed E-state index contributed by atoms with van der Waals surface area (Å²) in [7, 11) is 0. The lowest BCUT2D eigenvalue weighted by Crippen LogP contribution is -2.51. The summed E-state index contributed by atoms with van der Waals surface area (Å²) >= 11 is 1.74. The maximum atomic E-state index is 12.9. The molecule has 2 aliphatic heterocycles. The maximum absolute atomic E-state index is 12.9. The molecule has 0 N–H and O–H groups in total. The van der Waals surface area contributed by atoms with E-state index in [1.807, 2.05) is 18.2 Å². The van der Waals surface area contributed by atoms with Crippen molar-refractivity contribution < 1.29 is 22.8 Å². The zero-order valence-electron chi connectivity index (χ0n) is 13.5. The van der Waals surface area contributed by atoms with Crippen molar-refractivity contribution in [1.29, 1.82) is 0 Å². The number of halogens is 2. The number of carbonyl (C=O) groups is 3. The van der Waals surface area contributed by atoms with Crippen LogP contribution >= 0.6 is 40.8 Å². The number of benzene rings is 1. The van der Waals surface area contributed by atoms with Gasteiger partial charge >= 0.3 is 0 Å². The maximum Gasteiger partial charge on any atom is 0.264 e. The zero-order chi connectivity index (χ0) is 18.7. The van der Waals surface area contributed by atoms with E-state index >= 15 is 0 Å². The van der Waals surface area contributed by atoms with Gasteiger partial charge in [-0.2, -0.15) is 4.31 Å². The van der Waals surface area contributed by atoms with Crippen molar-refractivity contribution in [2.24, 2.45) is 0 Å². The van der Waals surface area contributed by atoms with Crippen LogP contribution in [0.4, 0.5) is 3.89 Å². The number of imide groups is 1. The summed E-state index contributed by atoms with van der Waals surface area (Å²) in [5.41, 5.74) is 2.25. The fourth-order valence-electron chi connectivity index (χ4n) is 3.15. The molecule has 1 fully saturated rings. The van der Waals surface area contributed by atoms with Gasteiger partial charge < -0.3 is 9.42 Å². The number of hydrogen-bond donors (Lipinski definition) is 0. The van der Waals surface area contributed by atoms with E-state index < -0.39 is 30.2 Å². The first-order valence-electron chi connectivity index (χ1n) is 7.80. The molecule has 2 unspecified atom stereocenters. The van der Waals surface area contributed by atoms with Crippen LogP contribution in [0, 0.1) is 0 Å². The summed E-state index contributed by atoms with van der Waals surface area (Å²) < 4.78 is 18.7. The minimum absolute atomic E-state index is 0.0363. The number of rotatable bonds is 6. The van der Waals surface area contributed by atoms with E-state index in [4.69, 9.17) is 4.52 Å². The van der Waals surface area contributed by atoms with E-state index in [2.05, 4.69) is 22.0 Å². The largest absolute Gasteiger partial charge is 0.348 e. The van der Waals surface area contributed by atoms with E-state index in [1.165, 1.54) is 4.90 Å². The van der Waals surface area contributed by atoms with Gasteiger partial charge in [-0.3, -0.25) is 14.4 Å². The van der Waals surface area contributed by atoms with Gasteiger partial charge in [0.1, 0.15) is 6.04 Å². The lowest BCUT2D eigenvalue weighted by molar-refractivity contribution is -0.145. The summed E-state index contributed by atoms with van der Waals surface area (Å²) in [6, 6.07) is 4.58. The monoisotopic (exact) mass is 508 g/mol. The van der Waals surface area contributed by atoms with E-state index in [9.17, 15) is 18.3 Å². The molecule has 2 heterocycles. The third-order valence-electron chi connectivity index (χ3n) is 4.35. The molecule has 2 aliphatic rings. The number of fused-ring (bicyclic) bond motifs is 1. The molecule has 6 nitrogen and oxygen atoms in total. The standard InChI is InChI=1S/C16H15FIN2O4PS/c17-26-20-14(21)7-6-13(16(20)23)19-9-12-10(4-2-8-24-25-18)3-1-5-11(12)15(19)22/h1-5,13,25H,6-9H2/b4-2+. The molecule has 0 radical (unpaired) electrons. The number of nitrogens with zero attached hydrogens (tertiary/aromatic N) is 2. The number of carbonyl (C=O) groups excluding carboxylic acids is 3. The molecule has 0 aromatic heterocycles. The number of amides is 3. The molecule has 1 aromatic carbocycles. The Kier molecular flexibility index (Phi) is 6.65. The highest BCUT2D eigenvalue weighted by atomic mass is 127. The van der Waals surface area contributed by atoms with Crippen molar-refractivity contribution in [1.82, 2.24) is 9.21 Å². The highest BCUT2D eigenvalue weighted by molar-refractivity contribution is 14.2. The Labute approximate surface area is 169 Å². The highest BCUT2D eigenvalue weighted by Crippen LogP contribution is 2.33. The molecule has 3 rings (SSSR count). The van der Waals surface area contributed by atoms with Gasteiger partial charge in [0.2, 0.25) is 5.91 Å². The van der Waals surface area contributed by atoms with Gasteiger partial charge in [0.25, 0.3) is 11.8 Å². The van der Waals surface area contributed by atoms with Crippen LogP contribution in [0.5, 0.6) is 0 Å². The van der Waals surface area contributed by atoms with Crippen LogP contribution in [0.1, 0.15) is 34.3 Å². The molecule has 3 amide bonds. The van der Waals surface area contributed by atoms with Gasteiger partial charge in [-0.25, -0.2) is 0 Å². The summed E-state index contributed by atoms with van der Waals surface area (Å²) in [6.45, 7) is 1.12. The predicted octanol–water partition coefficient (Wildman–Crippen LogP) is 3.67.